The molecule has 1 N–H and O–H groups in total. The lowest BCUT2D eigenvalue weighted by Gasteiger charge is -2.28. The molecule has 0 bridgehead atoms. The summed E-state index contributed by atoms with van der Waals surface area (Å²) < 4.78 is 15.9. The predicted molar refractivity (Wildman–Crippen MR) is 62.9 cm³/mol. The number of benzene rings is 1. The van der Waals surface area contributed by atoms with E-state index in [1.165, 1.54) is 11.1 Å². The Morgan fingerprint density at radius 1 is 1.25 bits per heavy atom. The third-order valence-electron chi connectivity index (χ3n) is 2.55. The van der Waals surface area contributed by atoms with Gasteiger partial charge in [-0.25, -0.2) is 0 Å². The largest absolute Gasteiger partial charge is 0.333 e. The summed E-state index contributed by atoms with van der Waals surface area (Å²) in [4.78, 5) is 0. The van der Waals surface area contributed by atoms with E-state index in [-0.39, 0.29) is 6.23 Å². The van der Waals surface area contributed by atoms with Gasteiger partial charge < -0.3 is 9.05 Å². The van der Waals surface area contributed by atoms with Crippen LogP contribution in [0.1, 0.15) is 17.4 Å². The average Bonchev–Trinajstić information content (AvgIpc) is 2.36. The van der Waals surface area contributed by atoms with Gasteiger partial charge in [0.25, 0.3) is 0 Å². The number of rotatable bonds is 4. The van der Waals surface area contributed by atoms with Crippen LogP contribution in [0, 0.1) is 0 Å². The molecule has 88 valence electrons. The molecule has 0 aromatic heterocycles. The minimum Gasteiger partial charge on any atom is -0.316 e. The normalized spacial score (nSPS) is 19.8. The minimum atomic E-state index is -1.27. The molecule has 0 aliphatic carbocycles. The summed E-state index contributed by atoms with van der Waals surface area (Å²) in [5.41, 5.74) is 2.50. The Bertz CT molecular complexity index is 344. The molecule has 0 spiro atoms. The molecule has 0 radical (unpaired) electrons. The maximum atomic E-state index is 5.73. The molecule has 1 unspecified atom stereocenters. The van der Waals surface area contributed by atoms with Gasteiger partial charge in [0.2, 0.25) is 0 Å². The summed E-state index contributed by atoms with van der Waals surface area (Å²) in [6, 6.07) is 8.28. The van der Waals surface area contributed by atoms with Gasteiger partial charge >= 0.3 is 8.60 Å². The summed E-state index contributed by atoms with van der Waals surface area (Å²) in [5.74, 6) is 0. The number of fused-ring (bicyclic) bond motifs is 1. The van der Waals surface area contributed by atoms with E-state index in [1.54, 1.807) is 14.2 Å². The molecule has 2 rings (SSSR count). The van der Waals surface area contributed by atoms with Crippen molar-refractivity contribution in [3.63, 3.8) is 0 Å². The van der Waals surface area contributed by atoms with Crippen LogP contribution in [0.2, 0.25) is 0 Å². The van der Waals surface area contributed by atoms with Crippen LogP contribution in [-0.2, 0) is 20.0 Å². The summed E-state index contributed by atoms with van der Waals surface area (Å²) in [7, 11) is 1.91. The van der Waals surface area contributed by atoms with E-state index in [4.69, 9.17) is 13.6 Å². The molecule has 5 heteroatoms. The highest BCUT2D eigenvalue weighted by molar-refractivity contribution is 7.41. The Morgan fingerprint density at radius 3 is 2.75 bits per heavy atom. The van der Waals surface area contributed by atoms with Gasteiger partial charge in [0, 0.05) is 20.8 Å². The van der Waals surface area contributed by atoms with Gasteiger partial charge in [-0.05, 0) is 17.5 Å². The predicted octanol–water partition coefficient (Wildman–Crippen LogP) is 2.37. The van der Waals surface area contributed by atoms with Crippen molar-refractivity contribution in [3.05, 3.63) is 35.4 Å². The van der Waals surface area contributed by atoms with Crippen molar-refractivity contribution >= 4 is 8.60 Å². The van der Waals surface area contributed by atoms with E-state index >= 15 is 0 Å². The van der Waals surface area contributed by atoms with E-state index in [0.717, 1.165) is 13.0 Å². The Morgan fingerprint density at radius 2 is 2.00 bits per heavy atom. The van der Waals surface area contributed by atoms with Crippen LogP contribution in [-0.4, -0.2) is 20.8 Å². The highest BCUT2D eigenvalue weighted by Gasteiger charge is 2.23. The van der Waals surface area contributed by atoms with Crippen LogP contribution in [0.4, 0.5) is 0 Å². The van der Waals surface area contributed by atoms with Crippen molar-refractivity contribution in [2.24, 2.45) is 0 Å². The fourth-order valence-electron chi connectivity index (χ4n) is 1.81. The smallest absolute Gasteiger partial charge is 0.316 e. The van der Waals surface area contributed by atoms with E-state index in [0.29, 0.717) is 0 Å². The summed E-state index contributed by atoms with van der Waals surface area (Å²) in [5, 5.41) is 3.31. The molecule has 1 aliphatic heterocycles. The van der Waals surface area contributed by atoms with Crippen molar-refractivity contribution in [2.45, 2.75) is 12.6 Å². The summed E-state index contributed by atoms with van der Waals surface area (Å²) >= 11 is 0. The van der Waals surface area contributed by atoms with Crippen molar-refractivity contribution < 1.29 is 13.6 Å². The van der Waals surface area contributed by atoms with Crippen LogP contribution in [0.5, 0.6) is 0 Å². The van der Waals surface area contributed by atoms with Gasteiger partial charge in [-0.2, -0.15) is 0 Å². The molecule has 0 saturated heterocycles. The standard InChI is InChI=1S/C11H16NO3P/c1-13-16(14-2)15-11-10-6-4-3-5-9(10)7-8-12-11/h3-6,11-12H,7-8H2,1-2H3. The van der Waals surface area contributed by atoms with Crippen LogP contribution in [0.3, 0.4) is 0 Å². The zero-order chi connectivity index (χ0) is 11.4. The molecule has 1 aromatic carbocycles. The van der Waals surface area contributed by atoms with E-state index in [1.807, 2.05) is 6.07 Å². The number of nitrogens with one attached hydrogen (secondary N) is 1. The van der Waals surface area contributed by atoms with Crippen LogP contribution >= 0.6 is 8.60 Å². The second-order valence-electron chi connectivity index (χ2n) is 3.48. The highest BCUT2D eigenvalue weighted by atomic mass is 31.2. The minimum absolute atomic E-state index is 0.129. The summed E-state index contributed by atoms with van der Waals surface area (Å²) in [6.45, 7) is 0.915. The Labute approximate surface area is 96.9 Å². The Balaban J connectivity index is 2.12. The molecular weight excluding hydrogens is 225 g/mol. The van der Waals surface area contributed by atoms with Gasteiger partial charge in [-0.15, -0.1) is 0 Å². The Hall–Kier alpha value is -0.510. The highest BCUT2D eigenvalue weighted by Crippen LogP contribution is 2.43. The van der Waals surface area contributed by atoms with Gasteiger partial charge in [0.15, 0.2) is 0 Å². The maximum Gasteiger partial charge on any atom is 0.333 e. The van der Waals surface area contributed by atoms with Crippen LogP contribution in [0.15, 0.2) is 24.3 Å². The third-order valence-corrected chi connectivity index (χ3v) is 3.53. The van der Waals surface area contributed by atoms with Crippen LogP contribution in [0.25, 0.3) is 0 Å². The maximum absolute atomic E-state index is 5.73. The van der Waals surface area contributed by atoms with Crippen LogP contribution < -0.4 is 5.32 Å². The quantitative estimate of drug-likeness (QED) is 0.821. The fourth-order valence-corrected chi connectivity index (χ4v) is 2.49. The van der Waals surface area contributed by atoms with Crippen molar-refractivity contribution in [1.29, 1.82) is 0 Å². The third kappa shape index (κ3) is 2.59. The number of hydrogen-bond donors (Lipinski definition) is 1. The molecule has 1 atom stereocenters. The first-order valence-electron chi connectivity index (χ1n) is 5.21. The Kier molecular flexibility index (Phi) is 4.27. The lowest BCUT2D eigenvalue weighted by atomic mass is 10.0. The van der Waals surface area contributed by atoms with Gasteiger partial charge in [0.1, 0.15) is 6.23 Å². The molecule has 4 nitrogen and oxygen atoms in total. The van der Waals surface area contributed by atoms with Gasteiger partial charge in [-0.1, -0.05) is 24.3 Å². The first-order valence-corrected chi connectivity index (χ1v) is 6.31. The second kappa shape index (κ2) is 5.71. The second-order valence-corrected chi connectivity index (χ2v) is 4.87. The SMILES string of the molecule is COP(OC)OC1NCCc2ccccc21. The average molecular weight is 241 g/mol. The molecule has 1 heterocycles. The van der Waals surface area contributed by atoms with E-state index in [9.17, 15) is 0 Å². The molecule has 1 aromatic rings. The molecule has 16 heavy (non-hydrogen) atoms. The van der Waals surface area contributed by atoms with Gasteiger partial charge in [0.05, 0.1) is 0 Å². The van der Waals surface area contributed by atoms with Crippen molar-refractivity contribution in [2.75, 3.05) is 20.8 Å². The van der Waals surface area contributed by atoms with Gasteiger partial charge in [-0.3, -0.25) is 9.84 Å². The van der Waals surface area contributed by atoms with Crippen molar-refractivity contribution in [1.82, 2.24) is 5.32 Å². The molecule has 0 fully saturated rings. The molecule has 0 saturated carbocycles. The van der Waals surface area contributed by atoms with E-state index < -0.39 is 8.60 Å². The summed E-state index contributed by atoms with van der Waals surface area (Å²) in [6.07, 6.45) is 0.907. The molecular formula is C11H16NO3P. The first kappa shape index (κ1) is 12.0. The zero-order valence-electron chi connectivity index (χ0n) is 9.47. The lowest BCUT2D eigenvalue weighted by Crippen LogP contribution is -2.30. The number of hydrogen-bond acceptors (Lipinski definition) is 4. The lowest BCUT2D eigenvalue weighted by molar-refractivity contribution is 0.115. The topological polar surface area (TPSA) is 39.7 Å². The molecule has 1 aliphatic rings. The first-order chi connectivity index (χ1) is 7.85. The van der Waals surface area contributed by atoms with E-state index in [2.05, 4.69) is 23.5 Å². The van der Waals surface area contributed by atoms with Crippen molar-refractivity contribution in [3.8, 4) is 0 Å². The zero-order valence-corrected chi connectivity index (χ0v) is 10.4. The monoisotopic (exact) mass is 241 g/mol. The molecule has 0 amide bonds. The fraction of sp³-hybridized carbons (Fsp3) is 0.455.